The first-order valence-corrected chi connectivity index (χ1v) is 10.1. The number of hydrogen-bond donors (Lipinski definition) is 3. The lowest BCUT2D eigenvalue weighted by Crippen LogP contribution is -2.36. The van der Waals surface area contributed by atoms with E-state index in [4.69, 9.17) is 16.2 Å². The predicted octanol–water partition coefficient (Wildman–Crippen LogP) is 3.32. The first-order valence-electron chi connectivity index (χ1n) is 10.1. The number of fused-ring (bicyclic) bond motifs is 1. The van der Waals surface area contributed by atoms with Gasteiger partial charge in [-0.25, -0.2) is 4.39 Å². The molecular weight excluding hydrogens is 383 g/mol. The van der Waals surface area contributed by atoms with Gasteiger partial charge in [0.15, 0.2) is 0 Å². The molecule has 3 aromatic rings. The zero-order valence-electron chi connectivity index (χ0n) is 17.5. The van der Waals surface area contributed by atoms with E-state index >= 15 is 0 Å². The van der Waals surface area contributed by atoms with Crippen molar-refractivity contribution in [3.8, 4) is 16.9 Å². The number of rotatable bonds is 10. The van der Waals surface area contributed by atoms with Crippen LogP contribution in [0, 0.1) is 12.7 Å². The molecule has 6 nitrogen and oxygen atoms in total. The second kappa shape index (κ2) is 9.73. The van der Waals surface area contributed by atoms with Crippen LogP contribution in [-0.4, -0.2) is 42.5 Å². The van der Waals surface area contributed by atoms with Crippen LogP contribution in [0.15, 0.2) is 36.4 Å². The maximum absolute atomic E-state index is 14.0. The van der Waals surface area contributed by atoms with Gasteiger partial charge in [-0.3, -0.25) is 4.79 Å². The largest absolute Gasteiger partial charge is 0.497 e. The summed E-state index contributed by atoms with van der Waals surface area (Å²) >= 11 is 0. The Labute approximate surface area is 176 Å². The summed E-state index contributed by atoms with van der Waals surface area (Å²) < 4.78 is 19.4. The molecule has 0 spiro atoms. The summed E-state index contributed by atoms with van der Waals surface area (Å²) in [5.74, 6) is 0.397. The molecule has 0 aliphatic rings. The lowest BCUT2D eigenvalue weighted by molar-refractivity contribution is -0.118. The Hall–Kier alpha value is -2.90. The molecule has 3 rings (SSSR count). The Kier molecular flexibility index (Phi) is 7.07. The molecule has 7 heteroatoms. The van der Waals surface area contributed by atoms with Crippen molar-refractivity contribution in [2.24, 2.45) is 11.5 Å². The topological polar surface area (TPSA) is 97.4 Å². The zero-order chi connectivity index (χ0) is 21.7. The van der Waals surface area contributed by atoms with Crippen LogP contribution >= 0.6 is 0 Å². The maximum Gasteiger partial charge on any atom is 0.210 e. The predicted molar refractivity (Wildman–Crippen MR) is 118 cm³/mol. The molecule has 1 atom stereocenters. The number of nitrogens with one attached hydrogen (secondary N) is 1. The Morgan fingerprint density at radius 3 is 2.77 bits per heavy atom. The molecule has 0 saturated carbocycles. The number of carbonyl (C=O) groups excluding carboxylic acids is 1. The third-order valence-corrected chi connectivity index (χ3v) is 5.30. The second-order valence-electron chi connectivity index (χ2n) is 7.56. The molecule has 1 amide bonds. The first kappa shape index (κ1) is 21.8. The Balaban J connectivity index is 2.00. The minimum Gasteiger partial charge on any atom is -0.497 e. The summed E-state index contributed by atoms with van der Waals surface area (Å²) in [5, 5.41) is 0.802. The highest BCUT2D eigenvalue weighted by molar-refractivity contribution is 5.98. The van der Waals surface area contributed by atoms with Gasteiger partial charge in [0.1, 0.15) is 11.6 Å². The molecule has 160 valence electrons. The number of aryl methyl sites for hydroxylation is 1. The van der Waals surface area contributed by atoms with E-state index in [2.05, 4.69) is 4.98 Å². The number of amides is 1. The molecule has 0 saturated heterocycles. The number of ether oxygens (including phenoxy) is 1. The fraction of sp³-hybridized carbons (Fsp3) is 0.348. The summed E-state index contributed by atoms with van der Waals surface area (Å²) in [4.78, 5) is 16.7. The fourth-order valence-electron chi connectivity index (χ4n) is 3.85. The van der Waals surface area contributed by atoms with Crippen molar-refractivity contribution in [1.82, 2.24) is 9.88 Å². The van der Waals surface area contributed by atoms with Gasteiger partial charge in [0.2, 0.25) is 6.41 Å². The van der Waals surface area contributed by atoms with E-state index < -0.39 is 0 Å². The van der Waals surface area contributed by atoms with Gasteiger partial charge in [-0.2, -0.15) is 0 Å². The van der Waals surface area contributed by atoms with Crippen molar-refractivity contribution in [2.45, 2.75) is 32.4 Å². The molecule has 1 unspecified atom stereocenters. The molecular formula is C23H29FN4O2. The van der Waals surface area contributed by atoms with Gasteiger partial charge in [0, 0.05) is 41.3 Å². The van der Waals surface area contributed by atoms with Crippen molar-refractivity contribution in [3.63, 3.8) is 0 Å². The Morgan fingerprint density at radius 1 is 1.27 bits per heavy atom. The van der Waals surface area contributed by atoms with Gasteiger partial charge in [-0.05, 0) is 67.8 Å². The number of H-pyrrole nitrogens is 1. The molecule has 0 radical (unpaired) electrons. The van der Waals surface area contributed by atoms with Crippen LogP contribution in [0.2, 0.25) is 0 Å². The third-order valence-electron chi connectivity index (χ3n) is 5.30. The quantitative estimate of drug-likeness (QED) is 0.445. The molecule has 0 aliphatic carbocycles. The number of hydrogen-bond acceptors (Lipinski definition) is 4. The molecule has 0 aliphatic heterocycles. The SMILES string of the molecule is COc1ccc(-c2c(C)[nH]c3ccc(F)cc23)c(CN(C=O)CC(N)CCCN)c1. The van der Waals surface area contributed by atoms with Crippen molar-refractivity contribution in [2.75, 3.05) is 20.2 Å². The smallest absolute Gasteiger partial charge is 0.210 e. The van der Waals surface area contributed by atoms with Gasteiger partial charge in [0.05, 0.1) is 7.11 Å². The van der Waals surface area contributed by atoms with E-state index in [1.807, 2.05) is 25.1 Å². The van der Waals surface area contributed by atoms with Crippen LogP contribution in [0.3, 0.4) is 0 Å². The van der Waals surface area contributed by atoms with Gasteiger partial charge < -0.3 is 26.1 Å². The van der Waals surface area contributed by atoms with Crippen LogP contribution in [0.4, 0.5) is 4.39 Å². The van der Waals surface area contributed by atoms with Gasteiger partial charge in [0.25, 0.3) is 0 Å². The average Bonchev–Trinajstić information content (AvgIpc) is 3.06. The van der Waals surface area contributed by atoms with Crippen LogP contribution in [0.5, 0.6) is 5.75 Å². The standard InChI is InChI=1S/C23H29FN4O2/c1-15-23(21-11-17(24)5-8-22(21)27-15)20-7-6-19(30-2)10-16(20)12-28(14-29)13-18(26)4-3-9-25/h5-8,10-11,14,18,27H,3-4,9,12-13,25-26H2,1-2H3. The number of methoxy groups -OCH3 is 1. The number of benzene rings is 2. The molecule has 0 bridgehead atoms. The molecule has 0 fully saturated rings. The summed E-state index contributed by atoms with van der Waals surface area (Å²) in [6.45, 7) is 3.34. The van der Waals surface area contributed by atoms with Crippen molar-refractivity contribution in [3.05, 3.63) is 53.5 Å². The summed E-state index contributed by atoms with van der Waals surface area (Å²) in [7, 11) is 1.60. The van der Waals surface area contributed by atoms with Gasteiger partial charge in [-0.1, -0.05) is 6.07 Å². The van der Waals surface area contributed by atoms with Crippen molar-refractivity contribution >= 4 is 17.3 Å². The van der Waals surface area contributed by atoms with Crippen LogP contribution in [0.25, 0.3) is 22.0 Å². The second-order valence-corrected chi connectivity index (χ2v) is 7.56. The van der Waals surface area contributed by atoms with E-state index in [1.54, 1.807) is 18.1 Å². The first-order chi connectivity index (χ1) is 14.5. The highest BCUT2D eigenvalue weighted by Gasteiger charge is 2.18. The Bertz CT molecular complexity index is 1020. The number of nitrogens with zero attached hydrogens (tertiary/aromatic N) is 1. The normalized spacial score (nSPS) is 12.2. The summed E-state index contributed by atoms with van der Waals surface area (Å²) in [6, 6.07) is 10.3. The average molecular weight is 413 g/mol. The maximum atomic E-state index is 14.0. The van der Waals surface area contributed by atoms with Gasteiger partial charge >= 0.3 is 0 Å². The summed E-state index contributed by atoms with van der Waals surface area (Å²) in [5.41, 5.74) is 16.3. The van der Waals surface area contributed by atoms with Crippen LogP contribution in [-0.2, 0) is 11.3 Å². The fourth-order valence-corrected chi connectivity index (χ4v) is 3.85. The van der Waals surface area contributed by atoms with Crippen molar-refractivity contribution in [1.29, 1.82) is 0 Å². The number of halogens is 1. The van der Waals surface area contributed by atoms with E-state index in [0.29, 0.717) is 25.4 Å². The van der Waals surface area contributed by atoms with Crippen molar-refractivity contribution < 1.29 is 13.9 Å². The monoisotopic (exact) mass is 412 g/mol. The molecule has 1 aromatic heterocycles. The third kappa shape index (κ3) is 4.80. The molecule has 1 heterocycles. The van der Waals surface area contributed by atoms with E-state index in [0.717, 1.165) is 52.5 Å². The number of nitrogens with two attached hydrogens (primary N) is 2. The van der Waals surface area contributed by atoms with Crippen LogP contribution < -0.4 is 16.2 Å². The Morgan fingerprint density at radius 2 is 2.07 bits per heavy atom. The molecule has 30 heavy (non-hydrogen) atoms. The number of carbonyl (C=O) groups is 1. The molecule has 5 N–H and O–H groups in total. The minimum absolute atomic E-state index is 0.142. The lowest BCUT2D eigenvalue weighted by atomic mass is 9.96. The zero-order valence-corrected chi connectivity index (χ0v) is 17.5. The molecule has 2 aromatic carbocycles. The highest BCUT2D eigenvalue weighted by atomic mass is 19.1. The van der Waals surface area contributed by atoms with E-state index in [9.17, 15) is 9.18 Å². The van der Waals surface area contributed by atoms with Gasteiger partial charge in [-0.15, -0.1) is 0 Å². The van der Waals surface area contributed by atoms with E-state index in [1.165, 1.54) is 12.1 Å². The minimum atomic E-state index is -0.293. The highest BCUT2D eigenvalue weighted by Crippen LogP contribution is 2.36. The lowest BCUT2D eigenvalue weighted by Gasteiger charge is -2.23. The number of aromatic nitrogens is 1. The summed E-state index contributed by atoms with van der Waals surface area (Å²) in [6.07, 6.45) is 2.39. The van der Waals surface area contributed by atoms with Crippen LogP contribution in [0.1, 0.15) is 24.1 Å². The van der Waals surface area contributed by atoms with E-state index in [-0.39, 0.29) is 11.9 Å². The number of aromatic amines is 1.